The van der Waals surface area contributed by atoms with Crippen LogP contribution in [0, 0.1) is 0 Å². The summed E-state index contributed by atoms with van der Waals surface area (Å²) in [5.41, 5.74) is 3.28. The molecule has 27 heavy (non-hydrogen) atoms. The first kappa shape index (κ1) is 20.2. The molecule has 1 aromatic carbocycles. The molecule has 2 aliphatic rings. The fraction of sp³-hybridized carbons (Fsp3) is 0.526. The Balaban J connectivity index is 0.00000210. The summed E-state index contributed by atoms with van der Waals surface area (Å²) in [6, 6.07) is 6.38. The van der Waals surface area contributed by atoms with Gasteiger partial charge in [0.1, 0.15) is 11.4 Å². The number of sulfone groups is 1. The number of fused-ring (bicyclic) bond motifs is 1. The summed E-state index contributed by atoms with van der Waals surface area (Å²) < 4.78 is 31.2. The highest BCUT2D eigenvalue weighted by Crippen LogP contribution is 2.37. The molecule has 1 unspecified atom stereocenters. The lowest BCUT2D eigenvalue weighted by Gasteiger charge is -2.16. The van der Waals surface area contributed by atoms with Gasteiger partial charge in [0.05, 0.1) is 29.7 Å². The molecule has 1 fully saturated rings. The monoisotopic (exact) mass is 411 g/mol. The summed E-state index contributed by atoms with van der Waals surface area (Å²) in [5.74, 6) is 1.52. The minimum atomic E-state index is -2.84. The fourth-order valence-corrected chi connectivity index (χ4v) is 5.56. The van der Waals surface area contributed by atoms with Gasteiger partial charge in [0.25, 0.3) is 0 Å². The standard InChI is InChI=1S/C19H25N3O3S.ClH/c1-19(2)10-15-9-14(3-4-18(15)25-19)17-11-20-13-22(17)7-6-21-16-5-8-26(23,24)12-16;/h3-4,9,11,13,16,21H,5-8,10,12H2,1-2H3;1H. The molecule has 1 atom stereocenters. The highest BCUT2D eigenvalue weighted by Gasteiger charge is 2.30. The third-order valence-corrected chi connectivity index (χ3v) is 6.86. The van der Waals surface area contributed by atoms with Crippen LogP contribution in [-0.4, -0.2) is 47.7 Å². The first-order valence-electron chi connectivity index (χ1n) is 9.08. The summed E-state index contributed by atoms with van der Waals surface area (Å²) in [6.07, 6.45) is 5.32. The average molecular weight is 412 g/mol. The van der Waals surface area contributed by atoms with Crippen LogP contribution in [0.25, 0.3) is 11.3 Å². The number of imidazole rings is 1. The number of ether oxygens (including phenoxy) is 1. The van der Waals surface area contributed by atoms with Crippen LogP contribution in [0.3, 0.4) is 0 Å². The lowest BCUT2D eigenvalue weighted by atomic mass is 9.99. The van der Waals surface area contributed by atoms with Crippen molar-refractivity contribution in [1.82, 2.24) is 14.9 Å². The minimum Gasteiger partial charge on any atom is -0.487 e. The van der Waals surface area contributed by atoms with Crippen LogP contribution in [0.2, 0.25) is 0 Å². The van der Waals surface area contributed by atoms with Gasteiger partial charge in [-0.1, -0.05) is 0 Å². The lowest BCUT2D eigenvalue weighted by molar-refractivity contribution is 0.138. The van der Waals surface area contributed by atoms with Crippen LogP contribution in [0.1, 0.15) is 25.8 Å². The maximum Gasteiger partial charge on any atom is 0.151 e. The maximum absolute atomic E-state index is 11.5. The highest BCUT2D eigenvalue weighted by molar-refractivity contribution is 7.91. The molecule has 1 N–H and O–H groups in total. The molecular weight excluding hydrogens is 386 g/mol. The maximum atomic E-state index is 11.5. The number of nitrogens with one attached hydrogen (secondary N) is 1. The smallest absolute Gasteiger partial charge is 0.151 e. The largest absolute Gasteiger partial charge is 0.487 e. The molecule has 0 radical (unpaired) electrons. The van der Waals surface area contributed by atoms with E-state index in [1.54, 1.807) is 0 Å². The average Bonchev–Trinajstić information content (AvgIpc) is 3.22. The van der Waals surface area contributed by atoms with Crippen LogP contribution in [0.15, 0.2) is 30.7 Å². The molecule has 0 aliphatic carbocycles. The number of hydrogen-bond donors (Lipinski definition) is 1. The Morgan fingerprint density at radius 1 is 1.37 bits per heavy atom. The molecule has 4 rings (SSSR count). The van der Waals surface area contributed by atoms with Crippen LogP contribution in [-0.2, 0) is 22.8 Å². The zero-order valence-electron chi connectivity index (χ0n) is 15.6. The van der Waals surface area contributed by atoms with E-state index in [0.29, 0.717) is 12.2 Å². The molecule has 0 saturated carbocycles. The summed E-state index contributed by atoms with van der Waals surface area (Å²) in [6.45, 7) is 5.69. The predicted octanol–water partition coefficient (Wildman–Crippen LogP) is 2.46. The second kappa shape index (κ2) is 7.45. The third kappa shape index (κ3) is 4.47. The van der Waals surface area contributed by atoms with Gasteiger partial charge in [0.2, 0.25) is 0 Å². The van der Waals surface area contributed by atoms with Gasteiger partial charge in [-0.3, -0.25) is 0 Å². The Kier molecular flexibility index (Phi) is 5.57. The van der Waals surface area contributed by atoms with E-state index >= 15 is 0 Å². The van der Waals surface area contributed by atoms with Crippen molar-refractivity contribution in [3.8, 4) is 17.0 Å². The van der Waals surface area contributed by atoms with E-state index in [0.717, 1.165) is 36.5 Å². The van der Waals surface area contributed by atoms with Crippen molar-refractivity contribution < 1.29 is 13.2 Å². The van der Waals surface area contributed by atoms with E-state index in [9.17, 15) is 8.42 Å². The van der Waals surface area contributed by atoms with Crippen molar-refractivity contribution in [2.75, 3.05) is 18.1 Å². The van der Waals surface area contributed by atoms with Crippen molar-refractivity contribution in [2.45, 2.75) is 44.9 Å². The lowest BCUT2D eigenvalue weighted by Crippen LogP contribution is -2.32. The molecule has 0 bridgehead atoms. The molecule has 0 spiro atoms. The summed E-state index contributed by atoms with van der Waals surface area (Å²) >= 11 is 0. The Morgan fingerprint density at radius 3 is 2.93 bits per heavy atom. The number of benzene rings is 1. The van der Waals surface area contributed by atoms with Gasteiger partial charge in [0.15, 0.2) is 9.84 Å². The Morgan fingerprint density at radius 2 is 2.19 bits per heavy atom. The second-order valence-electron chi connectivity index (χ2n) is 7.89. The van der Waals surface area contributed by atoms with Crippen molar-refractivity contribution in [2.24, 2.45) is 0 Å². The molecule has 1 aromatic heterocycles. The van der Waals surface area contributed by atoms with Crippen LogP contribution < -0.4 is 10.1 Å². The SMILES string of the molecule is CC1(C)Cc2cc(-c3cncn3CCNC3CCS(=O)(=O)C3)ccc2O1.Cl. The van der Waals surface area contributed by atoms with Crippen molar-refractivity contribution >= 4 is 22.2 Å². The van der Waals surface area contributed by atoms with Gasteiger partial charge in [-0.25, -0.2) is 13.4 Å². The van der Waals surface area contributed by atoms with E-state index < -0.39 is 9.84 Å². The predicted molar refractivity (Wildman–Crippen MR) is 108 cm³/mol. The van der Waals surface area contributed by atoms with Gasteiger partial charge in [-0.2, -0.15) is 0 Å². The summed E-state index contributed by atoms with van der Waals surface area (Å²) in [5, 5.41) is 3.36. The molecule has 0 amide bonds. The van der Waals surface area contributed by atoms with E-state index in [1.165, 1.54) is 5.56 Å². The number of halogens is 1. The van der Waals surface area contributed by atoms with E-state index in [2.05, 4.69) is 40.8 Å². The van der Waals surface area contributed by atoms with E-state index in [1.807, 2.05) is 18.6 Å². The normalized spacial score (nSPS) is 22.1. The first-order chi connectivity index (χ1) is 12.3. The molecule has 6 nitrogen and oxygen atoms in total. The van der Waals surface area contributed by atoms with Crippen LogP contribution >= 0.6 is 12.4 Å². The van der Waals surface area contributed by atoms with Gasteiger partial charge < -0.3 is 14.6 Å². The third-order valence-electron chi connectivity index (χ3n) is 5.09. The topological polar surface area (TPSA) is 73.2 Å². The molecule has 3 heterocycles. The molecule has 2 aromatic rings. The quantitative estimate of drug-likeness (QED) is 0.818. The minimum absolute atomic E-state index is 0. The molecule has 148 valence electrons. The fourth-order valence-electron chi connectivity index (χ4n) is 3.85. The molecule has 1 saturated heterocycles. The number of aromatic nitrogens is 2. The van der Waals surface area contributed by atoms with Crippen molar-refractivity contribution in [3.05, 3.63) is 36.3 Å². The number of rotatable bonds is 5. The van der Waals surface area contributed by atoms with Crippen LogP contribution in [0.5, 0.6) is 5.75 Å². The van der Waals surface area contributed by atoms with Crippen molar-refractivity contribution in [1.29, 1.82) is 0 Å². The van der Waals surface area contributed by atoms with Crippen LogP contribution in [0.4, 0.5) is 0 Å². The molecule has 2 aliphatic heterocycles. The number of hydrogen-bond acceptors (Lipinski definition) is 5. The van der Waals surface area contributed by atoms with E-state index in [-0.39, 0.29) is 29.8 Å². The summed E-state index contributed by atoms with van der Waals surface area (Å²) in [7, 11) is -2.84. The van der Waals surface area contributed by atoms with Crippen molar-refractivity contribution in [3.63, 3.8) is 0 Å². The zero-order valence-corrected chi connectivity index (χ0v) is 17.3. The first-order valence-corrected chi connectivity index (χ1v) is 10.9. The Bertz CT molecular complexity index is 924. The van der Waals surface area contributed by atoms with Gasteiger partial charge >= 0.3 is 0 Å². The highest BCUT2D eigenvalue weighted by atomic mass is 35.5. The zero-order chi connectivity index (χ0) is 18.4. The van der Waals surface area contributed by atoms with Gasteiger partial charge in [-0.05, 0) is 44.0 Å². The van der Waals surface area contributed by atoms with E-state index in [4.69, 9.17) is 4.74 Å². The van der Waals surface area contributed by atoms with Gasteiger partial charge in [0, 0.05) is 31.1 Å². The second-order valence-corrected chi connectivity index (χ2v) is 10.1. The Labute approximate surface area is 166 Å². The molecular formula is C19H26ClN3O3S. The molecule has 8 heteroatoms. The van der Waals surface area contributed by atoms with Gasteiger partial charge in [-0.15, -0.1) is 12.4 Å². The summed E-state index contributed by atoms with van der Waals surface area (Å²) in [4.78, 5) is 4.30. The number of nitrogens with zero attached hydrogens (tertiary/aromatic N) is 2. The Hall–Kier alpha value is -1.57.